The van der Waals surface area contributed by atoms with Gasteiger partial charge >= 0.3 is 0 Å². The zero-order chi connectivity index (χ0) is 15.1. The number of nitrogens with one attached hydrogen (secondary N) is 2. The molecule has 0 aliphatic rings. The second kappa shape index (κ2) is 7.23. The molecule has 2 rings (SSSR count). The maximum absolute atomic E-state index is 11.9. The third kappa shape index (κ3) is 4.45. The average Bonchev–Trinajstić information content (AvgIpc) is 3.00. The van der Waals surface area contributed by atoms with Crippen LogP contribution in [0.4, 0.5) is 0 Å². The fourth-order valence-electron chi connectivity index (χ4n) is 1.86. The van der Waals surface area contributed by atoms with Gasteiger partial charge in [0.2, 0.25) is 5.91 Å². The molecule has 0 bridgehead atoms. The lowest BCUT2D eigenvalue weighted by atomic mass is 10.2. The van der Waals surface area contributed by atoms with Crippen molar-refractivity contribution in [2.75, 3.05) is 13.6 Å². The Bertz CT molecular complexity index is 581. The molecule has 1 heterocycles. The Kier molecular flexibility index (Phi) is 5.09. The van der Waals surface area contributed by atoms with Crippen LogP contribution >= 0.6 is 0 Å². The zero-order valence-corrected chi connectivity index (χ0v) is 11.9. The Morgan fingerprint density at radius 1 is 1.29 bits per heavy atom. The van der Waals surface area contributed by atoms with Crippen molar-refractivity contribution in [3.8, 4) is 0 Å². The minimum atomic E-state index is -0.169. The van der Waals surface area contributed by atoms with Gasteiger partial charge in [-0.1, -0.05) is 18.2 Å². The number of aromatic amines is 1. The van der Waals surface area contributed by atoms with Crippen LogP contribution < -0.4 is 5.32 Å². The van der Waals surface area contributed by atoms with Gasteiger partial charge in [-0.2, -0.15) is 0 Å². The number of aromatic nitrogens is 2. The molecule has 2 aromatic rings. The van der Waals surface area contributed by atoms with E-state index in [0.717, 1.165) is 5.82 Å². The number of hydrogen-bond acceptors (Lipinski definition) is 3. The van der Waals surface area contributed by atoms with Crippen molar-refractivity contribution in [1.29, 1.82) is 0 Å². The SMILES string of the molecule is CN(Cc1ncc[nH]1)C(=O)CCNC(=O)c1ccccc1. The summed E-state index contributed by atoms with van der Waals surface area (Å²) in [5, 5.41) is 2.73. The molecule has 0 fully saturated rings. The smallest absolute Gasteiger partial charge is 0.251 e. The maximum atomic E-state index is 11.9. The molecule has 0 atom stereocenters. The lowest BCUT2D eigenvalue weighted by Gasteiger charge is -2.15. The van der Waals surface area contributed by atoms with Crippen LogP contribution in [0.5, 0.6) is 0 Å². The highest BCUT2D eigenvalue weighted by Crippen LogP contribution is 2.00. The summed E-state index contributed by atoms with van der Waals surface area (Å²) in [5.41, 5.74) is 0.592. The van der Waals surface area contributed by atoms with Gasteiger partial charge in [-0.15, -0.1) is 0 Å². The monoisotopic (exact) mass is 286 g/mol. The Morgan fingerprint density at radius 2 is 2.05 bits per heavy atom. The number of carbonyl (C=O) groups excluding carboxylic acids is 2. The quantitative estimate of drug-likeness (QED) is 0.837. The number of H-pyrrole nitrogens is 1. The van der Waals surface area contributed by atoms with E-state index in [-0.39, 0.29) is 18.2 Å². The van der Waals surface area contributed by atoms with Gasteiger partial charge in [0.25, 0.3) is 5.91 Å². The molecule has 1 aromatic heterocycles. The molecule has 21 heavy (non-hydrogen) atoms. The highest BCUT2D eigenvalue weighted by atomic mass is 16.2. The van der Waals surface area contributed by atoms with Gasteiger partial charge in [-0.05, 0) is 12.1 Å². The molecule has 110 valence electrons. The Hall–Kier alpha value is -2.63. The van der Waals surface area contributed by atoms with Crippen LogP contribution in [0.3, 0.4) is 0 Å². The zero-order valence-electron chi connectivity index (χ0n) is 11.9. The molecule has 1 aromatic carbocycles. The number of amides is 2. The number of carbonyl (C=O) groups is 2. The fourth-order valence-corrected chi connectivity index (χ4v) is 1.86. The summed E-state index contributed by atoms with van der Waals surface area (Å²) < 4.78 is 0. The molecule has 0 spiro atoms. The summed E-state index contributed by atoms with van der Waals surface area (Å²) in [6.45, 7) is 0.744. The maximum Gasteiger partial charge on any atom is 0.251 e. The standard InChI is InChI=1S/C15H18N4O2/c1-19(11-13-16-9-10-17-13)14(20)7-8-18-15(21)12-5-3-2-4-6-12/h2-6,9-10H,7-8,11H2,1H3,(H,16,17)(H,18,21). The number of imidazole rings is 1. The first-order chi connectivity index (χ1) is 10.2. The van der Waals surface area contributed by atoms with Crippen molar-refractivity contribution in [2.24, 2.45) is 0 Å². The van der Waals surface area contributed by atoms with Gasteiger partial charge < -0.3 is 15.2 Å². The summed E-state index contributed by atoms with van der Waals surface area (Å²) in [5.74, 6) is 0.524. The van der Waals surface area contributed by atoms with Crippen LogP contribution in [-0.2, 0) is 11.3 Å². The lowest BCUT2D eigenvalue weighted by Crippen LogP contribution is -2.32. The molecule has 2 N–H and O–H groups in total. The third-order valence-electron chi connectivity index (χ3n) is 3.03. The van der Waals surface area contributed by atoms with Crippen LogP contribution in [0.1, 0.15) is 22.6 Å². The van der Waals surface area contributed by atoms with Crippen LogP contribution in [0.2, 0.25) is 0 Å². The first kappa shape index (κ1) is 14.8. The van der Waals surface area contributed by atoms with Crippen LogP contribution in [-0.4, -0.2) is 40.3 Å². The van der Waals surface area contributed by atoms with E-state index >= 15 is 0 Å². The molecule has 0 saturated heterocycles. The van der Waals surface area contributed by atoms with Crippen LogP contribution in [0.15, 0.2) is 42.7 Å². The summed E-state index contributed by atoms with van der Waals surface area (Å²) in [7, 11) is 1.71. The minimum Gasteiger partial charge on any atom is -0.352 e. The predicted octanol–water partition coefficient (Wildman–Crippen LogP) is 1.19. The predicted molar refractivity (Wildman–Crippen MR) is 78.5 cm³/mol. The first-order valence-corrected chi connectivity index (χ1v) is 6.72. The van der Waals surface area contributed by atoms with E-state index in [1.807, 2.05) is 6.07 Å². The Labute approximate surface area is 123 Å². The number of hydrogen-bond donors (Lipinski definition) is 2. The second-order valence-electron chi connectivity index (χ2n) is 4.66. The second-order valence-corrected chi connectivity index (χ2v) is 4.66. The molecule has 6 heteroatoms. The first-order valence-electron chi connectivity index (χ1n) is 6.72. The Balaban J connectivity index is 1.73. The van der Waals surface area contributed by atoms with Crippen molar-refractivity contribution in [2.45, 2.75) is 13.0 Å². The van der Waals surface area contributed by atoms with Gasteiger partial charge in [0, 0.05) is 38.0 Å². The van der Waals surface area contributed by atoms with Gasteiger partial charge in [-0.3, -0.25) is 9.59 Å². The third-order valence-corrected chi connectivity index (χ3v) is 3.03. The van der Waals surface area contributed by atoms with E-state index in [1.165, 1.54) is 0 Å². The molecule has 6 nitrogen and oxygen atoms in total. The highest BCUT2D eigenvalue weighted by Gasteiger charge is 2.11. The number of benzene rings is 1. The van der Waals surface area contributed by atoms with Crippen molar-refractivity contribution >= 4 is 11.8 Å². The Morgan fingerprint density at radius 3 is 2.71 bits per heavy atom. The van der Waals surface area contributed by atoms with Crippen LogP contribution in [0, 0.1) is 0 Å². The van der Waals surface area contributed by atoms with E-state index in [1.54, 1.807) is 48.6 Å². The molecule has 2 amide bonds. The summed E-state index contributed by atoms with van der Waals surface area (Å²) >= 11 is 0. The molecule has 0 aliphatic carbocycles. The van der Waals surface area contributed by atoms with E-state index in [9.17, 15) is 9.59 Å². The topological polar surface area (TPSA) is 78.1 Å². The van der Waals surface area contributed by atoms with E-state index in [0.29, 0.717) is 18.7 Å². The van der Waals surface area contributed by atoms with Crippen molar-refractivity contribution < 1.29 is 9.59 Å². The summed E-state index contributed by atoms with van der Waals surface area (Å²) in [6.07, 6.45) is 3.62. The van der Waals surface area contributed by atoms with Crippen molar-refractivity contribution in [1.82, 2.24) is 20.2 Å². The molecule has 0 saturated carbocycles. The van der Waals surface area contributed by atoms with E-state index < -0.39 is 0 Å². The van der Waals surface area contributed by atoms with Crippen LogP contribution in [0.25, 0.3) is 0 Å². The minimum absolute atomic E-state index is 0.0419. The van der Waals surface area contributed by atoms with Gasteiger partial charge in [-0.25, -0.2) is 4.98 Å². The number of nitrogens with zero attached hydrogens (tertiary/aromatic N) is 2. The molecular formula is C15H18N4O2. The van der Waals surface area contributed by atoms with E-state index in [2.05, 4.69) is 15.3 Å². The van der Waals surface area contributed by atoms with E-state index in [4.69, 9.17) is 0 Å². The van der Waals surface area contributed by atoms with Gasteiger partial charge in [0.05, 0.1) is 6.54 Å². The summed E-state index contributed by atoms with van der Waals surface area (Å²) in [6, 6.07) is 8.93. The largest absolute Gasteiger partial charge is 0.352 e. The molecular weight excluding hydrogens is 268 g/mol. The summed E-state index contributed by atoms with van der Waals surface area (Å²) in [4.78, 5) is 32.3. The lowest BCUT2D eigenvalue weighted by molar-refractivity contribution is -0.130. The number of rotatable bonds is 6. The normalized spacial score (nSPS) is 10.1. The molecule has 0 aliphatic heterocycles. The average molecular weight is 286 g/mol. The van der Waals surface area contributed by atoms with Crippen molar-refractivity contribution in [3.05, 3.63) is 54.1 Å². The van der Waals surface area contributed by atoms with Gasteiger partial charge in [0.1, 0.15) is 5.82 Å². The van der Waals surface area contributed by atoms with Gasteiger partial charge in [0.15, 0.2) is 0 Å². The van der Waals surface area contributed by atoms with Crippen molar-refractivity contribution in [3.63, 3.8) is 0 Å². The fraction of sp³-hybridized carbons (Fsp3) is 0.267. The molecule has 0 radical (unpaired) electrons. The molecule has 0 unspecified atom stereocenters. The highest BCUT2D eigenvalue weighted by molar-refractivity contribution is 5.94.